The molecule has 1 heterocycles. The van der Waals surface area contributed by atoms with Crippen LogP contribution in [0.25, 0.3) is 0 Å². The fraction of sp³-hybridized carbons (Fsp3) is 0.900. The van der Waals surface area contributed by atoms with Crippen LogP contribution in [0.4, 0.5) is 0 Å². The molecule has 16 heteroatoms. The van der Waals surface area contributed by atoms with Crippen molar-refractivity contribution in [3.63, 3.8) is 0 Å². The highest BCUT2D eigenvalue weighted by molar-refractivity contribution is 5.87. The highest BCUT2D eigenvalue weighted by Gasteiger charge is 2.59. The van der Waals surface area contributed by atoms with Crippen molar-refractivity contribution in [3.8, 4) is 0 Å². The van der Waals surface area contributed by atoms with Crippen molar-refractivity contribution >= 4 is 17.6 Å². The van der Waals surface area contributed by atoms with Crippen molar-refractivity contribution in [2.24, 2.45) is 46.3 Å². The monoisotopic (exact) mass is 939 g/mol. The Balaban J connectivity index is 0.991. The number of hydrogen-bond acceptors (Lipinski definition) is 14. The van der Waals surface area contributed by atoms with Gasteiger partial charge in [-0.05, 0) is 130 Å². The molecule has 10 N–H and O–H groups in total. The van der Waals surface area contributed by atoms with E-state index in [0.29, 0.717) is 37.7 Å². The first-order valence-corrected chi connectivity index (χ1v) is 25.3. The molecule has 8 unspecified atom stereocenters. The molecule has 0 bridgehead atoms. The lowest BCUT2D eigenvalue weighted by molar-refractivity contribution is -0.326. The van der Waals surface area contributed by atoms with Crippen LogP contribution in [0.3, 0.4) is 0 Å². The number of unbranched alkanes of at least 4 members (excludes halogenated alkanes) is 1. The number of carbonyl (C=O) groups excluding carboxylic acids is 3. The molecule has 3 saturated carbocycles. The van der Waals surface area contributed by atoms with Gasteiger partial charge in [-0.25, -0.2) is 0 Å². The zero-order valence-electron chi connectivity index (χ0n) is 40.6. The van der Waals surface area contributed by atoms with E-state index in [1.165, 1.54) is 58.3 Å². The van der Waals surface area contributed by atoms with Crippen molar-refractivity contribution in [3.05, 3.63) is 11.6 Å². The minimum absolute atomic E-state index is 0.0241. The topological polar surface area (TPSA) is 265 Å². The lowest BCUT2D eigenvalue weighted by Crippen LogP contribution is -2.62. The zero-order valence-corrected chi connectivity index (χ0v) is 40.6. The SMILES string of the molecule is CC(=O)C(CCCCNC(=O)C(O)C(O)C(O[C@@H]1OC(CO)[C@H](O)[C@H](O)C1O)C(O)CO)NC(=O)CCCOC1CC[C@@]2(C)C(=CC[C@H]3[C@@H]4CC[C@H]([C@H](C)CCCC(C)C)[C@@]4(C)CC[C@@H]32)C1. The number of hydrogen-bond donors (Lipinski definition) is 10. The van der Waals surface area contributed by atoms with Gasteiger partial charge in [0.2, 0.25) is 5.91 Å². The first-order chi connectivity index (χ1) is 31.3. The van der Waals surface area contributed by atoms with Gasteiger partial charge < -0.3 is 65.7 Å². The summed E-state index contributed by atoms with van der Waals surface area (Å²) in [6, 6.07) is -0.717. The van der Waals surface area contributed by atoms with E-state index < -0.39 is 80.3 Å². The zero-order chi connectivity index (χ0) is 48.5. The molecule has 0 aromatic rings. The maximum absolute atomic E-state index is 12.9. The number of aliphatic hydroxyl groups excluding tert-OH is 8. The lowest BCUT2D eigenvalue weighted by atomic mass is 9.47. The number of rotatable bonds is 25. The maximum Gasteiger partial charge on any atom is 0.251 e. The molecule has 0 aromatic heterocycles. The molecule has 66 heavy (non-hydrogen) atoms. The summed E-state index contributed by atoms with van der Waals surface area (Å²) in [4.78, 5) is 38.1. The van der Waals surface area contributed by atoms with Gasteiger partial charge in [-0.15, -0.1) is 0 Å². The highest BCUT2D eigenvalue weighted by atomic mass is 16.7. The first-order valence-electron chi connectivity index (χ1n) is 25.3. The molecule has 1 aliphatic heterocycles. The first kappa shape index (κ1) is 54.8. The van der Waals surface area contributed by atoms with Gasteiger partial charge in [-0.1, -0.05) is 65.5 Å². The summed E-state index contributed by atoms with van der Waals surface area (Å²) in [6.45, 7) is 12.5. The van der Waals surface area contributed by atoms with E-state index in [1.54, 1.807) is 5.57 Å². The second-order valence-corrected chi connectivity index (χ2v) is 21.6. The Morgan fingerprint density at radius 2 is 1.62 bits per heavy atom. The Kier molecular flexibility index (Phi) is 20.5. The molecule has 18 atom stereocenters. The van der Waals surface area contributed by atoms with Crippen LogP contribution >= 0.6 is 0 Å². The van der Waals surface area contributed by atoms with Crippen LogP contribution in [-0.4, -0.2) is 152 Å². The molecule has 4 aliphatic carbocycles. The largest absolute Gasteiger partial charge is 0.394 e. The van der Waals surface area contributed by atoms with E-state index in [2.05, 4.69) is 51.3 Å². The number of amides is 2. The highest BCUT2D eigenvalue weighted by Crippen LogP contribution is 2.67. The van der Waals surface area contributed by atoms with Crippen molar-refractivity contribution in [1.82, 2.24) is 10.6 Å². The quantitative estimate of drug-likeness (QED) is 0.0467. The van der Waals surface area contributed by atoms with Gasteiger partial charge in [0.1, 0.15) is 42.7 Å². The summed E-state index contributed by atoms with van der Waals surface area (Å²) in [5.74, 6) is 3.32. The van der Waals surface area contributed by atoms with Crippen LogP contribution < -0.4 is 10.6 Å². The van der Waals surface area contributed by atoms with Gasteiger partial charge in [-0.2, -0.15) is 0 Å². The molecule has 0 spiro atoms. The normalized spacial score (nSPS) is 35.9. The Morgan fingerprint density at radius 3 is 2.30 bits per heavy atom. The Morgan fingerprint density at radius 1 is 0.879 bits per heavy atom. The number of aliphatic hydroxyl groups is 8. The standard InChI is InChI=1S/C50H86N2O14/c1-28(2)11-9-12-29(3)34-17-18-35-33-16-15-31-25-32(19-21-49(31,5)36(33)20-22-50(34,35)6)64-24-10-14-40(57)52-37(30(4)55)13-7-8-23-51-47(63)44(61)43(60)46(38(56)26-53)66-48-45(62)42(59)41(58)39(27-54)65-48/h15,28-29,32-39,41-46,48,53-54,56,58-62H,7-14,16-27H2,1-6H3,(H,51,63)(H,52,57)/t29-,32?,33+,34-,35+,36+,37?,38?,39?,41+,42+,43?,44?,45?,46?,48+,49+,50-/m1/s1. The summed E-state index contributed by atoms with van der Waals surface area (Å²) in [5.41, 5.74) is 2.30. The van der Waals surface area contributed by atoms with Crippen LogP contribution in [0.1, 0.15) is 144 Å². The Hall–Kier alpha value is -2.09. The van der Waals surface area contributed by atoms with Crippen LogP contribution in [0, 0.1) is 46.3 Å². The molecule has 5 rings (SSSR count). The third kappa shape index (κ3) is 13.0. The van der Waals surface area contributed by atoms with Crippen LogP contribution in [0.2, 0.25) is 0 Å². The fourth-order valence-electron chi connectivity index (χ4n) is 12.9. The number of ether oxygens (including phenoxy) is 3. The smallest absolute Gasteiger partial charge is 0.251 e. The molecule has 0 radical (unpaired) electrons. The van der Waals surface area contributed by atoms with E-state index in [4.69, 9.17) is 14.2 Å². The Bertz CT molecular complexity index is 1600. The molecule has 1 saturated heterocycles. The number of ketones is 1. The number of allylic oxidation sites excluding steroid dienone is 1. The van der Waals surface area contributed by atoms with Crippen LogP contribution in [-0.2, 0) is 28.6 Å². The lowest BCUT2D eigenvalue weighted by Gasteiger charge is -2.58. The number of Topliss-reactive ketones (excluding diaryl/α,β-unsaturated/α-hetero) is 1. The van der Waals surface area contributed by atoms with E-state index >= 15 is 0 Å². The number of fused-ring (bicyclic) bond motifs is 5. The van der Waals surface area contributed by atoms with Gasteiger partial charge in [0, 0.05) is 19.6 Å². The van der Waals surface area contributed by atoms with E-state index in [1.807, 2.05) is 0 Å². The average Bonchev–Trinajstić information content (AvgIpc) is 3.65. The van der Waals surface area contributed by atoms with Gasteiger partial charge in [-0.3, -0.25) is 14.4 Å². The predicted octanol–water partition coefficient (Wildman–Crippen LogP) is 2.81. The van der Waals surface area contributed by atoms with E-state index in [0.717, 1.165) is 54.8 Å². The summed E-state index contributed by atoms with van der Waals surface area (Å²) < 4.78 is 17.0. The average molecular weight is 939 g/mol. The van der Waals surface area contributed by atoms with Crippen molar-refractivity contribution in [1.29, 1.82) is 0 Å². The summed E-state index contributed by atoms with van der Waals surface area (Å²) in [5, 5.41) is 86.2. The van der Waals surface area contributed by atoms with Gasteiger partial charge in [0.05, 0.1) is 25.4 Å². The van der Waals surface area contributed by atoms with Gasteiger partial charge >= 0.3 is 0 Å². The number of carbonyl (C=O) groups is 3. The molecule has 5 aliphatic rings. The minimum atomic E-state index is -2.18. The maximum atomic E-state index is 12.9. The summed E-state index contributed by atoms with van der Waals surface area (Å²) >= 11 is 0. The third-order valence-corrected chi connectivity index (χ3v) is 16.8. The molecule has 0 aromatic carbocycles. The number of nitrogens with one attached hydrogen (secondary N) is 2. The fourth-order valence-corrected chi connectivity index (χ4v) is 12.9. The summed E-state index contributed by atoms with van der Waals surface area (Å²) in [6.07, 6.45) is 1.68. The second kappa shape index (κ2) is 24.6. The van der Waals surface area contributed by atoms with Crippen molar-refractivity contribution < 1.29 is 69.4 Å². The molecule has 2 amide bonds. The summed E-state index contributed by atoms with van der Waals surface area (Å²) in [7, 11) is 0. The molecule has 4 fully saturated rings. The van der Waals surface area contributed by atoms with Crippen molar-refractivity contribution in [2.75, 3.05) is 26.4 Å². The third-order valence-electron chi connectivity index (χ3n) is 16.8. The minimum Gasteiger partial charge on any atom is -0.394 e. The Labute approximate surface area is 392 Å². The second-order valence-electron chi connectivity index (χ2n) is 21.6. The van der Waals surface area contributed by atoms with Gasteiger partial charge in [0.25, 0.3) is 5.91 Å². The molecule has 16 nitrogen and oxygen atoms in total. The molecular formula is C50H86N2O14. The van der Waals surface area contributed by atoms with E-state index in [-0.39, 0.29) is 36.2 Å². The van der Waals surface area contributed by atoms with Crippen molar-refractivity contribution in [2.45, 2.75) is 212 Å². The predicted molar refractivity (Wildman–Crippen MR) is 245 cm³/mol. The van der Waals surface area contributed by atoms with Gasteiger partial charge in [0.15, 0.2) is 18.2 Å². The molecule has 380 valence electrons. The van der Waals surface area contributed by atoms with Crippen LogP contribution in [0.15, 0.2) is 11.6 Å². The van der Waals surface area contributed by atoms with Crippen LogP contribution in [0.5, 0.6) is 0 Å². The molecular weight excluding hydrogens is 853 g/mol. The van der Waals surface area contributed by atoms with E-state index in [9.17, 15) is 55.2 Å².